The summed E-state index contributed by atoms with van der Waals surface area (Å²) < 4.78 is 152. The second kappa shape index (κ2) is 13.2. The number of oxazole rings is 2. The van der Waals surface area contributed by atoms with Gasteiger partial charge < -0.3 is 8.83 Å². The summed E-state index contributed by atoms with van der Waals surface area (Å²) in [7, 11) is 0. The van der Waals surface area contributed by atoms with Gasteiger partial charge in [0, 0.05) is 32.6 Å². The van der Waals surface area contributed by atoms with Crippen LogP contribution in [0.25, 0.3) is 74.7 Å². The van der Waals surface area contributed by atoms with Crippen molar-refractivity contribution in [3.63, 3.8) is 0 Å². The lowest BCUT2D eigenvalue weighted by molar-refractivity contribution is 0.101. The summed E-state index contributed by atoms with van der Waals surface area (Å²) in [6.45, 7) is 0. The standard InChI is InChI=1S/C40H10F10N4O4S2/c41-27-25(28(42)32(46)35(49)31(27)45)37(55)17-7-21-13(9-51-17)5-23(59-21)39-53-15-1-11-3-20-16(2-12(11)4-19(15)57-39)54-40(58-20)24-6-14-10-52-18(8-22(14)60-24)38(56)26-29(43)33(47)36(50)34(48)30(26)44/h1-10H. The van der Waals surface area contributed by atoms with E-state index in [1.807, 2.05) is 0 Å². The number of carbonyl (C=O) groups excluding carboxylic acids is 2. The number of hydrogen-bond acceptors (Lipinski definition) is 10. The van der Waals surface area contributed by atoms with Gasteiger partial charge in [-0.25, -0.2) is 53.9 Å². The van der Waals surface area contributed by atoms with E-state index in [-0.39, 0.29) is 11.8 Å². The number of benzene rings is 4. The number of nitrogens with zero attached hydrogens (tertiary/aromatic N) is 4. The molecule has 6 heterocycles. The summed E-state index contributed by atoms with van der Waals surface area (Å²) >= 11 is 2.13. The fraction of sp³-hybridized carbons (Fsp3) is 0. The SMILES string of the molecule is O=C(c1cc2sc(-c3nc4cc5cc6oc(-c7cc8cnc(C(=O)c9c(F)c(F)c(F)c(F)c9F)cc8s7)nc6cc5cc4o3)cc2cn1)c1c(F)c(F)c(F)c(F)c1F. The lowest BCUT2D eigenvalue weighted by Crippen LogP contribution is -2.14. The van der Waals surface area contributed by atoms with E-state index < -0.39 is 92.3 Å². The number of hydrogen-bond donors (Lipinski definition) is 0. The molecule has 0 atom stereocenters. The van der Waals surface area contributed by atoms with Gasteiger partial charge in [-0.3, -0.25) is 19.6 Å². The van der Waals surface area contributed by atoms with Gasteiger partial charge in [0.2, 0.25) is 35.0 Å². The predicted octanol–water partition coefficient (Wildman–Crippen LogP) is 11.5. The molecule has 10 rings (SSSR count). The maximum atomic E-state index is 14.3. The maximum Gasteiger partial charge on any atom is 0.237 e. The Morgan fingerprint density at radius 3 is 1.15 bits per heavy atom. The first-order chi connectivity index (χ1) is 28.7. The Balaban J connectivity index is 0.943. The summed E-state index contributed by atoms with van der Waals surface area (Å²) in [5, 5.41) is 2.27. The van der Waals surface area contributed by atoms with Gasteiger partial charge in [0.25, 0.3) is 0 Å². The molecule has 0 bridgehead atoms. The van der Waals surface area contributed by atoms with Crippen molar-refractivity contribution in [2.75, 3.05) is 0 Å². The average Bonchev–Trinajstić information content (AvgIpc) is 4.05. The molecule has 4 aromatic carbocycles. The molecule has 8 nitrogen and oxygen atoms in total. The molecule has 0 aliphatic carbocycles. The van der Waals surface area contributed by atoms with E-state index in [0.717, 1.165) is 34.8 Å². The van der Waals surface area contributed by atoms with Crippen molar-refractivity contribution in [2.45, 2.75) is 0 Å². The Kier molecular flexibility index (Phi) is 8.21. The summed E-state index contributed by atoms with van der Waals surface area (Å²) in [5.41, 5.74) is -2.80. The molecule has 0 spiro atoms. The van der Waals surface area contributed by atoms with Gasteiger partial charge in [-0.15, -0.1) is 22.7 Å². The fourth-order valence-corrected chi connectivity index (χ4v) is 8.49. The number of aromatic nitrogens is 4. The molecule has 0 aliphatic rings. The van der Waals surface area contributed by atoms with Crippen LogP contribution in [0.5, 0.6) is 0 Å². The van der Waals surface area contributed by atoms with Crippen molar-refractivity contribution in [1.29, 1.82) is 0 Å². The average molecular weight is 865 g/mol. The molecule has 0 fully saturated rings. The monoisotopic (exact) mass is 864 g/mol. The highest BCUT2D eigenvalue weighted by atomic mass is 32.1. The Morgan fingerprint density at radius 2 is 0.783 bits per heavy atom. The Morgan fingerprint density at radius 1 is 0.433 bits per heavy atom. The second-order valence-corrected chi connectivity index (χ2v) is 15.2. The highest BCUT2D eigenvalue weighted by Crippen LogP contribution is 2.39. The summed E-state index contributed by atoms with van der Waals surface area (Å²) in [5.74, 6) is -25.6. The van der Waals surface area contributed by atoms with Gasteiger partial charge in [0.15, 0.2) is 57.7 Å². The van der Waals surface area contributed by atoms with Gasteiger partial charge in [-0.05, 0) is 59.3 Å². The number of pyridine rings is 2. The van der Waals surface area contributed by atoms with E-state index in [9.17, 15) is 53.5 Å². The minimum absolute atomic E-state index is 0.162. The topological polar surface area (TPSA) is 112 Å². The van der Waals surface area contributed by atoms with Crippen LogP contribution in [0.15, 0.2) is 69.8 Å². The van der Waals surface area contributed by atoms with Crippen LogP contribution in [0.4, 0.5) is 43.9 Å². The summed E-state index contributed by atoms with van der Waals surface area (Å²) in [6.07, 6.45) is 2.39. The molecule has 0 saturated carbocycles. The molecule has 0 radical (unpaired) electrons. The van der Waals surface area contributed by atoms with Crippen molar-refractivity contribution in [2.24, 2.45) is 0 Å². The van der Waals surface area contributed by atoms with Crippen LogP contribution in [-0.4, -0.2) is 31.5 Å². The molecular formula is C40H10F10N4O4S2. The van der Waals surface area contributed by atoms with Gasteiger partial charge >= 0.3 is 0 Å². The minimum atomic E-state index is -2.40. The van der Waals surface area contributed by atoms with Gasteiger partial charge in [0.05, 0.1) is 9.75 Å². The van der Waals surface area contributed by atoms with Crippen molar-refractivity contribution in [1.82, 2.24) is 19.9 Å². The number of rotatable bonds is 6. The largest absolute Gasteiger partial charge is 0.435 e. The van der Waals surface area contributed by atoms with Gasteiger partial charge in [-0.1, -0.05) is 0 Å². The highest BCUT2D eigenvalue weighted by Gasteiger charge is 2.32. The zero-order chi connectivity index (χ0) is 42.0. The molecule has 0 unspecified atom stereocenters. The zero-order valence-corrected chi connectivity index (χ0v) is 30.4. The molecule has 296 valence electrons. The molecular weight excluding hydrogens is 855 g/mol. The Hall–Kier alpha value is -7.06. The maximum absolute atomic E-state index is 14.3. The second-order valence-electron chi connectivity index (χ2n) is 13.0. The summed E-state index contributed by atoms with van der Waals surface area (Å²) in [6, 6.07) is 12.4. The zero-order valence-electron chi connectivity index (χ0n) is 28.8. The number of carbonyl (C=O) groups is 2. The van der Waals surface area contributed by atoms with E-state index in [1.54, 1.807) is 36.4 Å². The molecule has 20 heteroatoms. The number of ketones is 2. The van der Waals surface area contributed by atoms with E-state index >= 15 is 0 Å². The van der Waals surface area contributed by atoms with Crippen LogP contribution in [0, 0.1) is 58.2 Å². The molecule has 60 heavy (non-hydrogen) atoms. The van der Waals surface area contributed by atoms with Crippen LogP contribution >= 0.6 is 22.7 Å². The molecule has 0 N–H and O–H groups in total. The number of fused-ring (bicyclic) bond motifs is 5. The van der Waals surface area contributed by atoms with Crippen LogP contribution < -0.4 is 0 Å². The van der Waals surface area contributed by atoms with Crippen LogP contribution in [0.3, 0.4) is 0 Å². The molecule has 0 amide bonds. The van der Waals surface area contributed by atoms with Crippen molar-refractivity contribution in [3.05, 3.63) is 142 Å². The minimum Gasteiger partial charge on any atom is -0.435 e. The Labute approximate surface area is 332 Å². The third-order valence-electron chi connectivity index (χ3n) is 9.42. The van der Waals surface area contributed by atoms with Crippen LogP contribution in [0.1, 0.15) is 32.1 Å². The lowest BCUT2D eigenvalue weighted by atomic mass is 10.0. The van der Waals surface area contributed by atoms with Crippen molar-refractivity contribution in [3.8, 4) is 21.5 Å². The quantitative estimate of drug-likeness (QED) is 0.0703. The first-order valence-electron chi connectivity index (χ1n) is 16.7. The number of thiophene rings is 2. The molecule has 0 saturated heterocycles. The normalized spacial score (nSPS) is 12.0. The summed E-state index contributed by atoms with van der Waals surface area (Å²) in [4.78, 5) is 43.6. The smallest absolute Gasteiger partial charge is 0.237 e. The molecule has 0 aliphatic heterocycles. The first-order valence-corrected chi connectivity index (χ1v) is 18.4. The van der Waals surface area contributed by atoms with E-state index in [1.165, 1.54) is 12.4 Å². The van der Waals surface area contributed by atoms with E-state index in [4.69, 9.17) is 8.83 Å². The highest BCUT2D eigenvalue weighted by molar-refractivity contribution is 7.22. The van der Waals surface area contributed by atoms with Gasteiger partial charge in [0.1, 0.15) is 33.5 Å². The molecule has 10 aromatic rings. The fourth-order valence-electron chi connectivity index (χ4n) is 6.50. The number of halogens is 10. The Bertz CT molecular complexity index is 3220. The lowest BCUT2D eigenvalue weighted by Gasteiger charge is -2.07. The van der Waals surface area contributed by atoms with Crippen LogP contribution in [0.2, 0.25) is 0 Å². The third-order valence-corrected chi connectivity index (χ3v) is 11.6. The van der Waals surface area contributed by atoms with Crippen molar-refractivity contribution < 1.29 is 62.3 Å². The van der Waals surface area contributed by atoms with Gasteiger partial charge in [-0.2, -0.15) is 0 Å². The van der Waals surface area contributed by atoms with Crippen molar-refractivity contribution >= 4 is 87.4 Å². The van der Waals surface area contributed by atoms with E-state index in [2.05, 4.69) is 19.9 Å². The van der Waals surface area contributed by atoms with Crippen LogP contribution in [-0.2, 0) is 0 Å². The molecule has 6 aromatic heterocycles. The van der Waals surface area contributed by atoms with E-state index in [0.29, 0.717) is 62.9 Å². The predicted molar refractivity (Wildman–Crippen MR) is 196 cm³/mol. The third kappa shape index (κ3) is 5.58. The first kappa shape index (κ1) is 37.2.